The highest BCUT2D eigenvalue weighted by Gasteiger charge is 2.12. The molecule has 0 radical (unpaired) electrons. The minimum atomic E-state index is -2.95. The minimum absolute atomic E-state index is 0.0471. The monoisotopic (exact) mass is 311 g/mol. The number of nitrogens with zero attached hydrogens (tertiary/aromatic N) is 2. The maximum atomic E-state index is 12.2. The van der Waals surface area contributed by atoms with Gasteiger partial charge in [0.25, 0.3) is 0 Å². The van der Waals surface area contributed by atoms with E-state index in [1.165, 1.54) is 30.0 Å². The molecule has 6 nitrogen and oxygen atoms in total. The number of amides is 1. The van der Waals surface area contributed by atoms with E-state index in [1.54, 1.807) is 12.4 Å². The van der Waals surface area contributed by atoms with Crippen LogP contribution in [0, 0.1) is 6.92 Å². The van der Waals surface area contributed by atoms with E-state index in [-0.39, 0.29) is 24.0 Å². The third-order valence-electron chi connectivity index (χ3n) is 2.73. The SMILES string of the molecule is COc1cc(NC(=O)Cn2cc(C)cn2)ccc1OC(F)F. The third kappa shape index (κ3) is 4.18. The number of hydrogen-bond acceptors (Lipinski definition) is 4. The highest BCUT2D eigenvalue weighted by molar-refractivity contribution is 5.90. The normalized spacial score (nSPS) is 10.6. The Labute approximate surface area is 125 Å². The van der Waals surface area contributed by atoms with Crippen molar-refractivity contribution in [1.82, 2.24) is 9.78 Å². The fourth-order valence-corrected chi connectivity index (χ4v) is 1.84. The van der Waals surface area contributed by atoms with E-state index in [1.807, 2.05) is 6.92 Å². The lowest BCUT2D eigenvalue weighted by molar-refractivity contribution is -0.116. The summed E-state index contributed by atoms with van der Waals surface area (Å²) in [5.74, 6) is -0.293. The number of aryl methyl sites for hydroxylation is 1. The van der Waals surface area contributed by atoms with Gasteiger partial charge in [-0.05, 0) is 24.6 Å². The number of nitrogens with one attached hydrogen (secondary N) is 1. The van der Waals surface area contributed by atoms with Gasteiger partial charge in [0, 0.05) is 18.0 Å². The zero-order chi connectivity index (χ0) is 16.1. The average Bonchev–Trinajstić information content (AvgIpc) is 2.85. The van der Waals surface area contributed by atoms with E-state index in [4.69, 9.17) is 4.74 Å². The largest absolute Gasteiger partial charge is 0.493 e. The molecule has 1 amide bonds. The highest BCUT2D eigenvalue weighted by Crippen LogP contribution is 2.31. The molecule has 0 bridgehead atoms. The number of ether oxygens (including phenoxy) is 2. The Kier molecular flexibility index (Phi) is 4.92. The second kappa shape index (κ2) is 6.88. The molecule has 0 aliphatic heterocycles. The predicted octanol–water partition coefficient (Wildman–Crippen LogP) is 2.44. The minimum Gasteiger partial charge on any atom is -0.493 e. The average molecular weight is 311 g/mol. The Bertz CT molecular complexity index is 659. The zero-order valence-corrected chi connectivity index (χ0v) is 12.0. The molecule has 0 spiro atoms. The molecule has 8 heteroatoms. The van der Waals surface area contributed by atoms with Gasteiger partial charge >= 0.3 is 6.61 Å². The fraction of sp³-hybridized carbons (Fsp3) is 0.286. The van der Waals surface area contributed by atoms with E-state index in [2.05, 4.69) is 15.2 Å². The summed E-state index contributed by atoms with van der Waals surface area (Å²) in [6, 6.07) is 4.16. The standard InChI is InChI=1S/C14H15F2N3O3/c1-9-6-17-19(7-9)8-13(20)18-10-3-4-11(22-14(15)16)12(5-10)21-2/h3-7,14H,8H2,1-2H3,(H,18,20). The number of hydrogen-bond donors (Lipinski definition) is 1. The van der Waals surface area contributed by atoms with E-state index in [0.29, 0.717) is 5.69 Å². The van der Waals surface area contributed by atoms with Crippen molar-refractivity contribution in [2.45, 2.75) is 20.1 Å². The molecule has 2 aromatic rings. The molecule has 0 atom stereocenters. The van der Waals surface area contributed by atoms with Crippen LogP contribution in [-0.2, 0) is 11.3 Å². The molecule has 0 aliphatic rings. The first-order valence-electron chi connectivity index (χ1n) is 6.39. The Hall–Kier alpha value is -2.64. The lowest BCUT2D eigenvalue weighted by atomic mass is 10.2. The quantitative estimate of drug-likeness (QED) is 0.890. The number of carbonyl (C=O) groups excluding carboxylic acids is 1. The van der Waals surface area contributed by atoms with E-state index in [9.17, 15) is 13.6 Å². The second-order valence-electron chi connectivity index (χ2n) is 4.51. The molecule has 22 heavy (non-hydrogen) atoms. The van der Waals surface area contributed by atoms with Crippen LogP contribution in [0.1, 0.15) is 5.56 Å². The van der Waals surface area contributed by atoms with Crippen molar-refractivity contribution < 1.29 is 23.0 Å². The number of alkyl halides is 2. The smallest absolute Gasteiger partial charge is 0.387 e. The number of rotatable bonds is 6. The van der Waals surface area contributed by atoms with Crippen LogP contribution >= 0.6 is 0 Å². The van der Waals surface area contributed by atoms with Crippen LogP contribution in [0.3, 0.4) is 0 Å². The van der Waals surface area contributed by atoms with Crippen molar-refractivity contribution in [3.05, 3.63) is 36.2 Å². The molecule has 1 heterocycles. The molecule has 1 aromatic heterocycles. The van der Waals surface area contributed by atoms with Crippen molar-refractivity contribution in [3.8, 4) is 11.5 Å². The van der Waals surface area contributed by atoms with Gasteiger partial charge in [-0.15, -0.1) is 0 Å². The van der Waals surface area contributed by atoms with Gasteiger partial charge in [0.2, 0.25) is 5.91 Å². The van der Waals surface area contributed by atoms with Crippen molar-refractivity contribution in [1.29, 1.82) is 0 Å². The summed E-state index contributed by atoms with van der Waals surface area (Å²) < 4.78 is 35.2. The number of carbonyl (C=O) groups is 1. The first kappa shape index (κ1) is 15.7. The first-order chi connectivity index (χ1) is 10.5. The zero-order valence-electron chi connectivity index (χ0n) is 12.0. The lowest BCUT2D eigenvalue weighted by Crippen LogP contribution is -2.19. The molecule has 0 saturated carbocycles. The van der Waals surface area contributed by atoms with Crippen LogP contribution < -0.4 is 14.8 Å². The van der Waals surface area contributed by atoms with Crippen LogP contribution in [0.5, 0.6) is 11.5 Å². The molecular weight excluding hydrogens is 296 g/mol. The first-order valence-corrected chi connectivity index (χ1v) is 6.39. The molecule has 0 saturated heterocycles. The number of benzene rings is 1. The summed E-state index contributed by atoms with van der Waals surface area (Å²) in [6.45, 7) is -1.03. The summed E-state index contributed by atoms with van der Waals surface area (Å²) in [4.78, 5) is 11.9. The van der Waals surface area contributed by atoms with Gasteiger partial charge in [-0.2, -0.15) is 13.9 Å². The third-order valence-corrected chi connectivity index (χ3v) is 2.73. The van der Waals surface area contributed by atoms with Crippen LogP contribution in [0.15, 0.2) is 30.6 Å². The van der Waals surface area contributed by atoms with Gasteiger partial charge in [-0.3, -0.25) is 9.48 Å². The number of anilines is 1. The Morgan fingerprint density at radius 1 is 1.41 bits per heavy atom. The van der Waals surface area contributed by atoms with Crippen LogP contribution in [-0.4, -0.2) is 29.4 Å². The maximum absolute atomic E-state index is 12.2. The van der Waals surface area contributed by atoms with Gasteiger partial charge in [0.05, 0.1) is 13.3 Å². The molecule has 2 rings (SSSR count). The number of aromatic nitrogens is 2. The number of halogens is 2. The van der Waals surface area contributed by atoms with Crippen molar-refractivity contribution in [3.63, 3.8) is 0 Å². The van der Waals surface area contributed by atoms with Crippen LogP contribution in [0.4, 0.5) is 14.5 Å². The fourth-order valence-electron chi connectivity index (χ4n) is 1.84. The molecule has 1 aromatic carbocycles. The molecule has 118 valence electrons. The molecule has 0 fully saturated rings. The van der Waals surface area contributed by atoms with E-state index in [0.717, 1.165) is 5.56 Å². The maximum Gasteiger partial charge on any atom is 0.387 e. The Morgan fingerprint density at radius 2 is 2.18 bits per heavy atom. The van der Waals surface area contributed by atoms with Crippen LogP contribution in [0.2, 0.25) is 0 Å². The van der Waals surface area contributed by atoms with Gasteiger partial charge < -0.3 is 14.8 Å². The molecular formula is C14H15F2N3O3. The van der Waals surface area contributed by atoms with Crippen LogP contribution in [0.25, 0.3) is 0 Å². The predicted molar refractivity (Wildman–Crippen MR) is 75.2 cm³/mol. The second-order valence-corrected chi connectivity index (χ2v) is 4.51. The van der Waals surface area contributed by atoms with Gasteiger partial charge in [-0.25, -0.2) is 0 Å². The lowest BCUT2D eigenvalue weighted by Gasteiger charge is -2.12. The summed E-state index contributed by atoms with van der Waals surface area (Å²) >= 11 is 0. The van der Waals surface area contributed by atoms with Gasteiger partial charge in [0.1, 0.15) is 6.54 Å². The van der Waals surface area contributed by atoms with Crippen molar-refractivity contribution >= 4 is 11.6 Å². The summed E-state index contributed by atoms with van der Waals surface area (Å²) in [5, 5.41) is 6.64. The number of methoxy groups -OCH3 is 1. The Morgan fingerprint density at radius 3 is 2.77 bits per heavy atom. The van der Waals surface area contributed by atoms with Gasteiger partial charge in [-0.1, -0.05) is 0 Å². The summed E-state index contributed by atoms with van der Waals surface area (Å²) in [5.41, 5.74) is 1.36. The topological polar surface area (TPSA) is 65.4 Å². The van der Waals surface area contributed by atoms with Crippen molar-refractivity contribution in [2.24, 2.45) is 0 Å². The van der Waals surface area contributed by atoms with Crippen molar-refractivity contribution in [2.75, 3.05) is 12.4 Å². The van der Waals surface area contributed by atoms with Gasteiger partial charge in [0.15, 0.2) is 11.5 Å². The summed E-state index contributed by atoms with van der Waals surface area (Å²) in [7, 11) is 1.33. The van der Waals surface area contributed by atoms with E-state index < -0.39 is 6.61 Å². The highest BCUT2D eigenvalue weighted by atomic mass is 19.3. The Balaban J connectivity index is 2.04. The molecule has 1 N–H and O–H groups in total. The molecule has 0 aliphatic carbocycles. The summed E-state index contributed by atoms with van der Waals surface area (Å²) in [6.07, 6.45) is 3.38. The van der Waals surface area contributed by atoms with E-state index >= 15 is 0 Å². The molecule has 0 unspecified atom stereocenters.